The van der Waals surface area contributed by atoms with Crippen molar-refractivity contribution in [1.29, 1.82) is 0 Å². The van der Waals surface area contributed by atoms with Gasteiger partial charge in [0.25, 0.3) is 0 Å². The molecule has 1 aromatic heterocycles. The molecule has 1 aliphatic rings. The van der Waals surface area contributed by atoms with Gasteiger partial charge in [0.05, 0.1) is 18.1 Å². The number of nitrogens with one attached hydrogen (secondary N) is 1. The summed E-state index contributed by atoms with van der Waals surface area (Å²) < 4.78 is 13.0. The Morgan fingerprint density at radius 3 is 2.89 bits per heavy atom. The third kappa shape index (κ3) is 2.67. The standard InChI is InChI=1S/C15H15FN2/c16-14-7-15(10-17-9-14)18-8-11-2-1-3-13(6-11)12-4-5-12/h1-3,6-7,9-10,12,18H,4-5,8H2. The first-order valence-corrected chi connectivity index (χ1v) is 6.24. The molecule has 0 amide bonds. The minimum Gasteiger partial charge on any atom is -0.380 e. The van der Waals surface area contributed by atoms with Crippen LogP contribution in [0.5, 0.6) is 0 Å². The lowest BCUT2D eigenvalue weighted by Crippen LogP contribution is -2.00. The van der Waals surface area contributed by atoms with Crippen molar-refractivity contribution in [2.24, 2.45) is 0 Å². The number of aromatic nitrogens is 1. The normalized spacial score (nSPS) is 14.5. The van der Waals surface area contributed by atoms with Crippen LogP contribution in [0.25, 0.3) is 0 Å². The maximum absolute atomic E-state index is 13.0. The molecule has 1 saturated carbocycles. The Hall–Kier alpha value is -1.90. The molecule has 0 aliphatic heterocycles. The molecule has 0 spiro atoms. The van der Waals surface area contributed by atoms with E-state index in [-0.39, 0.29) is 5.82 Å². The first-order valence-electron chi connectivity index (χ1n) is 6.24. The Kier molecular flexibility index (Phi) is 2.97. The molecule has 1 aliphatic carbocycles. The van der Waals surface area contributed by atoms with Crippen LogP contribution in [-0.2, 0) is 6.54 Å². The Balaban J connectivity index is 1.67. The van der Waals surface area contributed by atoms with Gasteiger partial charge in [0.1, 0.15) is 5.82 Å². The van der Waals surface area contributed by atoms with E-state index in [2.05, 4.69) is 34.6 Å². The van der Waals surface area contributed by atoms with Crippen LogP contribution in [0.15, 0.2) is 42.7 Å². The highest BCUT2D eigenvalue weighted by molar-refractivity contribution is 5.41. The van der Waals surface area contributed by atoms with Crippen LogP contribution >= 0.6 is 0 Å². The topological polar surface area (TPSA) is 24.9 Å². The molecule has 0 atom stereocenters. The Morgan fingerprint density at radius 2 is 2.11 bits per heavy atom. The molecule has 2 aromatic rings. The summed E-state index contributed by atoms with van der Waals surface area (Å²) in [5.41, 5.74) is 3.36. The van der Waals surface area contributed by atoms with Crippen molar-refractivity contribution in [3.05, 3.63) is 59.7 Å². The lowest BCUT2D eigenvalue weighted by Gasteiger charge is -2.07. The second-order valence-electron chi connectivity index (χ2n) is 4.76. The van der Waals surface area contributed by atoms with Crippen molar-refractivity contribution in [3.63, 3.8) is 0 Å². The molecule has 0 saturated heterocycles. The summed E-state index contributed by atoms with van der Waals surface area (Å²) in [6.07, 6.45) is 5.46. The van der Waals surface area contributed by atoms with Gasteiger partial charge in [-0.15, -0.1) is 0 Å². The lowest BCUT2D eigenvalue weighted by molar-refractivity contribution is 0.622. The van der Waals surface area contributed by atoms with Gasteiger partial charge < -0.3 is 5.32 Å². The van der Waals surface area contributed by atoms with E-state index in [1.54, 1.807) is 6.20 Å². The number of hydrogen-bond acceptors (Lipinski definition) is 2. The summed E-state index contributed by atoms with van der Waals surface area (Å²) in [5.74, 6) is 0.451. The largest absolute Gasteiger partial charge is 0.380 e. The van der Waals surface area contributed by atoms with Crippen molar-refractivity contribution in [1.82, 2.24) is 4.98 Å². The summed E-state index contributed by atoms with van der Waals surface area (Å²) in [7, 11) is 0. The van der Waals surface area contributed by atoms with E-state index >= 15 is 0 Å². The van der Waals surface area contributed by atoms with Gasteiger partial charge in [-0.3, -0.25) is 4.98 Å². The molecule has 1 aromatic carbocycles. The first kappa shape index (κ1) is 11.2. The predicted molar refractivity (Wildman–Crippen MR) is 69.9 cm³/mol. The number of rotatable bonds is 4. The zero-order chi connectivity index (χ0) is 12.4. The van der Waals surface area contributed by atoms with Crippen LogP contribution in [0.2, 0.25) is 0 Å². The molecular weight excluding hydrogens is 227 g/mol. The average molecular weight is 242 g/mol. The molecule has 0 bridgehead atoms. The van der Waals surface area contributed by atoms with Gasteiger partial charge in [0.2, 0.25) is 0 Å². The van der Waals surface area contributed by atoms with Crippen molar-refractivity contribution < 1.29 is 4.39 Å². The second kappa shape index (κ2) is 4.77. The Bertz CT molecular complexity index is 550. The smallest absolute Gasteiger partial charge is 0.143 e. The van der Waals surface area contributed by atoms with E-state index in [1.165, 1.54) is 36.2 Å². The SMILES string of the molecule is Fc1cncc(NCc2cccc(C3CC3)c2)c1. The molecule has 0 radical (unpaired) electrons. The van der Waals surface area contributed by atoms with E-state index < -0.39 is 0 Å². The van der Waals surface area contributed by atoms with Gasteiger partial charge in [-0.25, -0.2) is 4.39 Å². The zero-order valence-corrected chi connectivity index (χ0v) is 10.1. The highest BCUT2D eigenvalue weighted by Crippen LogP contribution is 2.40. The molecule has 1 heterocycles. The van der Waals surface area contributed by atoms with E-state index in [4.69, 9.17) is 0 Å². The summed E-state index contributed by atoms with van der Waals surface area (Å²) in [5, 5.41) is 3.19. The molecule has 18 heavy (non-hydrogen) atoms. The number of halogens is 1. The van der Waals surface area contributed by atoms with E-state index in [0.29, 0.717) is 12.2 Å². The fourth-order valence-electron chi connectivity index (χ4n) is 2.09. The van der Waals surface area contributed by atoms with Gasteiger partial charge in [0, 0.05) is 12.6 Å². The summed E-state index contributed by atoms with van der Waals surface area (Å²) in [6, 6.07) is 10.1. The average Bonchev–Trinajstić information content (AvgIpc) is 3.21. The molecule has 3 heteroatoms. The molecule has 92 valence electrons. The number of nitrogens with zero attached hydrogens (tertiary/aromatic N) is 1. The quantitative estimate of drug-likeness (QED) is 0.884. The van der Waals surface area contributed by atoms with Crippen molar-refractivity contribution in [3.8, 4) is 0 Å². The minimum absolute atomic E-state index is 0.313. The number of benzene rings is 1. The first-order chi connectivity index (χ1) is 8.81. The lowest BCUT2D eigenvalue weighted by atomic mass is 10.1. The van der Waals surface area contributed by atoms with Crippen molar-refractivity contribution in [2.45, 2.75) is 25.3 Å². The van der Waals surface area contributed by atoms with Crippen LogP contribution < -0.4 is 5.32 Å². The number of anilines is 1. The van der Waals surface area contributed by atoms with Crippen molar-refractivity contribution in [2.75, 3.05) is 5.32 Å². The molecule has 1 fully saturated rings. The van der Waals surface area contributed by atoms with Gasteiger partial charge in [-0.05, 0) is 29.9 Å². The third-order valence-electron chi connectivity index (χ3n) is 3.20. The maximum atomic E-state index is 13.0. The second-order valence-corrected chi connectivity index (χ2v) is 4.76. The predicted octanol–water partition coefficient (Wildman–Crippen LogP) is 3.71. The van der Waals surface area contributed by atoms with Crippen LogP contribution in [-0.4, -0.2) is 4.98 Å². The van der Waals surface area contributed by atoms with Crippen molar-refractivity contribution >= 4 is 5.69 Å². The molecular formula is C15H15FN2. The van der Waals surface area contributed by atoms with Crippen LogP contribution in [0.1, 0.15) is 29.9 Å². The third-order valence-corrected chi connectivity index (χ3v) is 3.20. The van der Waals surface area contributed by atoms with E-state index in [9.17, 15) is 4.39 Å². The number of hydrogen-bond donors (Lipinski definition) is 1. The highest BCUT2D eigenvalue weighted by atomic mass is 19.1. The summed E-state index contributed by atoms with van der Waals surface area (Å²) in [6.45, 7) is 0.700. The molecule has 0 unspecified atom stereocenters. The minimum atomic E-state index is -0.313. The van der Waals surface area contributed by atoms with E-state index in [0.717, 1.165) is 5.92 Å². The van der Waals surface area contributed by atoms with Gasteiger partial charge in [-0.2, -0.15) is 0 Å². The summed E-state index contributed by atoms with van der Waals surface area (Å²) in [4.78, 5) is 3.81. The van der Waals surface area contributed by atoms with Crippen LogP contribution in [0.4, 0.5) is 10.1 Å². The fraction of sp³-hybridized carbons (Fsp3) is 0.267. The van der Waals surface area contributed by atoms with Crippen LogP contribution in [0.3, 0.4) is 0 Å². The molecule has 3 rings (SSSR count). The maximum Gasteiger partial charge on any atom is 0.143 e. The Morgan fingerprint density at radius 1 is 1.22 bits per heavy atom. The number of pyridine rings is 1. The summed E-state index contributed by atoms with van der Waals surface area (Å²) >= 11 is 0. The van der Waals surface area contributed by atoms with Gasteiger partial charge >= 0.3 is 0 Å². The molecule has 2 nitrogen and oxygen atoms in total. The highest BCUT2D eigenvalue weighted by Gasteiger charge is 2.23. The Labute approximate surface area is 106 Å². The zero-order valence-electron chi connectivity index (χ0n) is 10.1. The molecule has 1 N–H and O–H groups in total. The van der Waals surface area contributed by atoms with E-state index in [1.807, 2.05) is 0 Å². The van der Waals surface area contributed by atoms with Gasteiger partial charge in [0.15, 0.2) is 0 Å². The fourth-order valence-corrected chi connectivity index (χ4v) is 2.09. The van der Waals surface area contributed by atoms with Gasteiger partial charge in [-0.1, -0.05) is 24.3 Å². The van der Waals surface area contributed by atoms with Crippen LogP contribution in [0, 0.1) is 5.82 Å². The monoisotopic (exact) mass is 242 g/mol.